The van der Waals surface area contributed by atoms with Crippen LogP contribution in [-0.4, -0.2) is 32.1 Å². The summed E-state index contributed by atoms with van der Waals surface area (Å²) < 4.78 is 26.8. The molecule has 7 heteroatoms. The Morgan fingerprint density at radius 1 is 1.30 bits per heavy atom. The highest BCUT2D eigenvalue weighted by molar-refractivity contribution is 7.89. The molecule has 1 aromatic rings. The SMILES string of the molecule is CC(C)NS(=O)(=O)c1ccccc1NCCCC(=O)O. The van der Waals surface area contributed by atoms with Crippen molar-refractivity contribution in [3.63, 3.8) is 0 Å². The maximum absolute atomic E-state index is 12.2. The molecule has 0 bridgehead atoms. The van der Waals surface area contributed by atoms with Crippen LogP contribution in [0.2, 0.25) is 0 Å². The number of rotatable bonds is 8. The van der Waals surface area contributed by atoms with Gasteiger partial charge in [-0.15, -0.1) is 0 Å². The highest BCUT2D eigenvalue weighted by atomic mass is 32.2. The van der Waals surface area contributed by atoms with E-state index in [0.717, 1.165) is 0 Å². The largest absolute Gasteiger partial charge is 0.481 e. The monoisotopic (exact) mass is 300 g/mol. The number of hydrogen-bond donors (Lipinski definition) is 3. The predicted octanol–water partition coefficient (Wildman–Crippen LogP) is 1.65. The van der Waals surface area contributed by atoms with Crippen molar-refractivity contribution in [3.8, 4) is 0 Å². The van der Waals surface area contributed by atoms with Gasteiger partial charge in [0.15, 0.2) is 0 Å². The first-order valence-corrected chi connectivity index (χ1v) is 7.88. The van der Waals surface area contributed by atoms with Crippen LogP contribution in [0.3, 0.4) is 0 Å². The first kappa shape index (κ1) is 16.5. The summed E-state index contributed by atoms with van der Waals surface area (Å²) in [6.45, 7) is 3.90. The van der Waals surface area contributed by atoms with Crippen molar-refractivity contribution in [2.24, 2.45) is 0 Å². The number of anilines is 1. The number of nitrogens with one attached hydrogen (secondary N) is 2. The first-order valence-electron chi connectivity index (χ1n) is 6.40. The standard InChI is InChI=1S/C13H20N2O4S/c1-10(2)15-20(18,19)12-7-4-3-6-11(12)14-9-5-8-13(16)17/h3-4,6-7,10,14-15H,5,8-9H2,1-2H3,(H,16,17). The van der Waals surface area contributed by atoms with Crippen LogP contribution in [-0.2, 0) is 14.8 Å². The van der Waals surface area contributed by atoms with E-state index in [1.807, 2.05) is 0 Å². The predicted molar refractivity (Wildman–Crippen MR) is 77.3 cm³/mol. The molecule has 0 saturated carbocycles. The number of para-hydroxylation sites is 1. The number of carboxylic acids is 1. The van der Waals surface area contributed by atoms with E-state index < -0.39 is 16.0 Å². The lowest BCUT2D eigenvalue weighted by atomic mass is 10.3. The number of carboxylic acid groups (broad SMARTS) is 1. The van der Waals surface area contributed by atoms with Gasteiger partial charge in [0.2, 0.25) is 10.0 Å². The smallest absolute Gasteiger partial charge is 0.303 e. The zero-order valence-electron chi connectivity index (χ0n) is 11.6. The Labute approximate surface area is 119 Å². The van der Waals surface area contributed by atoms with Crippen molar-refractivity contribution in [2.75, 3.05) is 11.9 Å². The highest BCUT2D eigenvalue weighted by Gasteiger charge is 2.18. The maximum atomic E-state index is 12.2. The van der Waals surface area contributed by atoms with Gasteiger partial charge in [-0.3, -0.25) is 4.79 Å². The Bertz CT molecular complexity index is 555. The van der Waals surface area contributed by atoms with Gasteiger partial charge in [0.25, 0.3) is 0 Å². The summed E-state index contributed by atoms with van der Waals surface area (Å²) in [5.41, 5.74) is 0.478. The third kappa shape index (κ3) is 5.18. The molecule has 6 nitrogen and oxygen atoms in total. The summed E-state index contributed by atoms with van der Waals surface area (Å²) in [6.07, 6.45) is 0.480. The topological polar surface area (TPSA) is 95.5 Å². The molecule has 3 N–H and O–H groups in total. The number of hydrogen-bond acceptors (Lipinski definition) is 4. The molecule has 0 atom stereocenters. The zero-order chi connectivity index (χ0) is 15.2. The van der Waals surface area contributed by atoms with Crippen LogP contribution >= 0.6 is 0 Å². The van der Waals surface area contributed by atoms with Gasteiger partial charge in [0.05, 0.1) is 5.69 Å². The summed E-state index contributed by atoms with van der Waals surface area (Å²) in [5.74, 6) is -0.866. The van der Waals surface area contributed by atoms with Gasteiger partial charge in [0.1, 0.15) is 4.90 Å². The molecule has 112 valence electrons. The Morgan fingerprint density at radius 2 is 1.95 bits per heavy atom. The molecule has 0 aliphatic carbocycles. The van der Waals surface area contributed by atoms with Crippen molar-refractivity contribution in [3.05, 3.63) is 24.3 Å². The van der Waals surface area contributed by atoms with Gasteiger partial charge in [-0.1, -0.05) is 12.1 Å². The molecule has 0 saturated heterocycles. The molecular weight excluding hydrogens is 280 g/mol. The van der Waals surface area contributed by atoms with E-state index in [0.29, 0.717) is 18.7 Å². The molecular formula is C13H20N2O4S. The van der Waals surface area contributed by atoms with Crippen molar-refractivity contribution >= 4 is 21.7 Å². The second-order valence-corrected chi connectivity index (χ2v) is 6.38. The molecule has 1 aromatic carbocycles. The van der Waals surface area contributed by atoms with Gasteiger partial charge in [-0.25, -0.2) is 13.1 Å². The van der Waals surface area contributed by atoms with E-state index >= 15 is 0 Å². The van der Waals surface area contributed by atoms with Crippen LogP contribution < -0.4 is 10.0 Å². The van der Waals surface area contributed by atoms with Crippen LogP contribution in [0.1, 0.15) is 26.7 Å². The van der Waals surface area contributed by atoms with Crippen LogP contribution in [0.15, 0.2) is 29.2 Å². The highest BCUT2D eigenvalue weighted by Crippen LogP contribution is 2.20. The number of carbonyl (C=O) groups is 1. The molecule has 0 spiro atoms. The molecule has 1 rings (SSSR count). The van der Waals surface area contributed by atoms with E-state index in [1.54, 1.807) is 32.0 Å². The summed E-state index contributed by atoms with van der Waals surface area (Å²) in [5, 5.41) is 11.5. The van der Waals surface area contributed by atoms with Gasteiger partial charge < -0.3 is 10.4 Å². The van der Waals surface area contributed by atoms with Crippen LogP contribution in [0.5, 0.6) is 0 Å². The molecule has 0 unspecified atom stereocenters. The van der Waals surface area contributed by atoms with Crippen LogP contribution in [0, 0.1) is 0 Å². The first-order chi connectivity index (χ1) is 9.33. The van der Waals surface area contributed by atoms with E-state index in [4.69, 9.17) is 5.11 Å². The van der Waals surface area contributed by atoms with E-state index in [1.165, 1.54) is 6.07 Å². The van der Waals surface area contributed by atoms with Crippen LogP contribution in [0.25, 0.3) is 0 Å². The maximum Gasteiger partial charge on any atom is 0.303 e. The number of aliphatic carboxylic acids is 1. The van der Waals surface area contributed by atoms with Crippen molar-refractivity contribution in [1.82, 2.24) is 4.72 Å². The molecule has 0 aliphatic rings. The van der Waals surface area contributed by atoms with Crippen molar-refractivity contribution in [2.45, 2.75) is 37.6 Å². The molecule has 0 fully saturated rings. The van der Waals surface area contributed by atoms with Gasteiger partial charge >= 0.3 is 5.97 Å². The molecule has 0 amide bonds. The lowest BCUT2D eigenvalue weighted by Gasteiger charge is -2.14. The second-order valence-electron chi connectivity index (χ2n) is 4.70. The van der Waals surface area contributed by atoms with Crippen molar-refractivity contribution in [1.29, 1.82) is 0 Å². The fourth-order valence-corrected chi connectivity index (χ4v) is 3.12. The fraction of sp³-hybridized carbons (Fsp3) is 0.462. The van der Waals surface area contributed by atoms with E-state index in [9.17, 15) is 13.2 Å². The summed E-state index contributed by atoms with van der Waals surface area (Å²) in [4.78, 5) is 10.6. The van der Waals surface area contributed by atoms with Gasteiger partial charge in [0, 0.05) is 19.0 Å². The summed E-state index contributed by atoms with van der Waals surface area (Å²) in [7, 11) is -3.57. The van der Waals surface area contributed by atoms with Gasteiger partial charge in [-0.05, 0) is 32.4 Å². The molecule has 0 aromatic heterocycles. The lowest BCUT2D eigenvalue weighted by Crippen LogP contribution is -2.30. The second kappa shape index (κ2) is 7.25. The summed E-state index contributed by atoms with van der Waals surface area (Å²) in [6, 6.07) is 6.37. The third-order valence-electron chi connectivity index (χ3n) is 2.45. The minimum Gasteiger partial charge on any atom is -0.481 e. The minimum atomic E-state index is -3.57. The lowest BCUT2D eigenvalue weighted by molar-refractivity contribution is -0.137. The van der Waals surface area contributed by atoms with E-state index in [-0.39, 0.29) is 17.4 Å². The molecule has 0 heterocycles. The normalized spacial score (nSPS) is 11.6. The number of sulfonamides is 1. The Morgan fingerprint density at radius 3 is 2.55 bits per heavy atom. The zero-order valence-corrected chi connectivity index (χ0v) is 12.4. The fourth-order valence-electron chi connectivity index (χ4n) is 1.68. The Hall–Kier alpha value is -1.60. The minimum absolute atomic E-state index is 0.0478. The Balaban J connectivity index is 2.80. The Kier molecular flexibility index (Phi) is 5.97. The average molecular weight is 300 g/mol. The summed E-state index contributed by atoms with van der Waals surface area (Å²) >= 11 is 0. The quantitative estimate of drug-likeness (QED) is 0.634. The van der Waals surface area contributed by atoms with Crippen molar-refractivity contribution < 1.29 is 18.3 Å². The molecule has 0 radical (unpaired) electrons. The number of benzene rings is 1. The average Bonchev–Trinajstić information content (AvgIpc) is 2.33. The molecule has 0 aliphatic heterocycles. The molecule has 20 heavy (non-hydrogen) atoms. The van der Waals surface area contributed by atoms with Gasteiger partial charge in [-0.2, -0.15) is 0 Å². The van der Waals surface area contributed by atoms with E-state index in [2.05, 4.69) is 10.0 Å². The van der Waals surface area contributed by atoms with Crippen LogP contribution in [0.4, 0.5) is 5.69 Å². The third-order valence-corrected chi connectivity index (χ3v) is 4.17.